The summed E-state index contributed by atoms with van der Waals surface area (Å²) in [4.78, 5) is 12.0. The summed E-state index contributed by atoms with van der Waals surface area (Å²) in [6.07, 6.45) is 0. The first kappa shape index (κ1) is 20.0. The zero-order chi connectivity index (χ0) is 21.3. The maximum Gasteiger partial charge on any atom is 0.336 e. The monoisotopic (exact) mass is 426 g/mol. The fourth-order valence-corrected chi connectivity index (χ4v) is 3.79. The van der Waals surface area contributed by atoms with Crippen LogP contribution in [-0.4, -0.2) is 14.9 Å². The number of aromatic nitrogens is 3. The molecule has 2 aromatic heterocycles. The predicted octanol–water partition coefficient (Wildman–Crippen LogP) is 3.73. The smallest absolute Gasteiger partial charge is 0.336 e. The lowest BCUT2D eigenvalue weighted by Crippen LogP contribution is -2.15. The molecule has 4 rings (SSSR count). The van der Waals surface area contributed by atoms with Crippen molar-refractivity contribution in [1.29, 1.82) is 0 Å². The number of ether oxygens (including phenoxy) is 1. The SMILES string of the molecule is Cc1cc2oc(=O)cc(CSc3nnc(COc4ccc(F)cc4)n3N)c2cc1C. The molecule has 0 aliphatic carbocycles. The first-order chi connectivity index (χ1) is 14.4. The van der Waals surface area contributed by atoms with Crippen molar-refractivity contribution in [3.05, 3.63) is 81.2 Å². The number of halogens is 1. The standard InChI is InChI=1S/C21H19FN4O3S/c1-12-7-17-14(9-20(27)29-18(17)8-13(12)2)11-30-21-25-24-19(26(21)23)10-28-16-5-3-15(22)4-6-16/h3-9H,10-11,23H2,1-2H3. The van der Waals surface area contributed by atoms with Gasteiger partial charge in [-0.2, -0.15) is 0 Å². The van der Waals surface area contributed by atoms with Gasteiger partial charge in [-0.1, -0.05) is 11.8 Å². The molecule has 0 fully saturated rings. The van der Waals surface area contributed by atoms with Gasteiger partial charge in [0.05, 0.1) is 0 Å². The maximum atomic E-state index is 13.0. The van der Waals surface area contributed by atoms with Crippen molar-refractivity contribution in [1.82, 2.24) is 14.9 Å². The number of hydrogen-bond acceptors (Lipinski definition) is 7. The fraction of sp³-hybridized carbons (Fsp3) is 0.190. The van der Waals surface area contributed by atoms with E-state index in [1.807, 2.05) is 26.0 Å². The lowest BCUT2D eigenvalue weighted by molar-refractivity contribution is 0.291. The molecule has 2 heterocycles. The first-order valence-corrected chi connectivity index (χ1v) is 10.1. The van der Waals surface area contributed by atoms with Crippen LogP contribution in [0.25, 0.3) is 11.0 Å². The van der Waals surface area contributed by atoms with E-state index >= 15 is 0 Å². The average molecular weight is 426 g/mol. The molecule has 0 saturated carbocycles. The first-order valence-electron chi connectivity index (χ1n) is 9.15. The Kier molecular flexibility index (Phi) is 5.45. The molecule has 0 aliphatic rings. The molecule has 0 amide bonds. The highest BCUT2D eigenvalue weighted by molar-refractivity contribution is 7.98. The highest BCUT2D eigenvalue weighted by atomic mass is 32.2. The Morgan fingerprint density at radius 1 is 1.13 bits per heavy atom. The van der Waals surface area contributed by atoms with Gasteiger partial charge in [0, 0.05) is 17.2 Å². The molecule has 154 valence electrons. The summed E-state index contributed by atoms with van der Waals surface area (Å²) in [6.45, 7) is 4.08. The third-order valence-corrected chi connectivity index (χ3v) is 5.71. The van der Waals surface area contributed by atoms with E-state index in [0.29, 0.717) is 28.1 Å². The molecule has 30 heavy (non-hydrogen) atoms. The number of rotatable bonds is 6. The Labute approximate surface area is 175 Å². The summed E-state index contributed by atoms with van der Waals surface area (Å²) in [6, 6.07) is 11.0. The minimum Gasteiger partial charge on any atom is -0.486 e. The molecule has 0 unspecified atom stereocenters. The molecule has 9 heteroatoms. The van der Waals surface area contributed by atoms with Gasteiger partial charge < -0.3 is 15.0 Å². The van der Waals surface area contributed by atoms with Gasteiger partial charge in [0.15, 0.2) is 5.82 Å². The molecule has 2 aromatic carbocycles. The zero-order valence-corrected chi connectivity index (χ0v) is 17.2. The summed E-state index contributed by atoms with van der Waals surface area (Å²) >= 11 is 1.36. The quantitative estimate of drug-likeness (QED) is 0.285. The van der Waals surface area contributed by atoms with Crippen LogP contribution in [0.4, 0.5) is 4.39 Å². The summed E-state index contributed by atoms with van der Waals surface area (Å²) in [5.74, 6) is 7.15. The van der Waals surface area contributed by atoms with E-state index < -0.39 is 5.63 Å². The molecule has 0 bridgehead atoms. The lowest BCUT2D eigenvalue weighted by Gasteiger charge is -2.08. The van der Waals surface area contributed by atoms with E-state index in [2.05, 4.69) is 10.2 Å². The molecule has 0 saturated heterocycles. The Hall–Kier alpha value is -3.33. The topological polar surface area (TPSA) is 96.2 Å². The number of thioether (sulfide) groups is 1. The fourth-order valence-electron chi connectivity index (χ4n) is 2.93. The maximum absolute atomic E-state index is 13.0. The van der Waals surface area contributed by atoms with Crippen molar-refractivity contribution in [3.8, 4) is 5.75 Å². The number of nitrogen functional groups attached to an aromatic ring is 1. The minimum absolute atomic E-state index is 0.0893. The average Bonchev–Trinajstić information content (AvgIpc) is 3.06. The van der Waals surface area contributed by atoms with E-state index in [1.54, 1.807) is 0 Å². The molecule has 0 spiro atoms. The second-order valence-electron chi connectivity index (χ2n) is 6.82. The lowest BCUT2D eigenvalue weighted by atomic mass is 10.0. The van der Waals surface area contributed by atoms with E-state index in [4.69, 9.17) is 15.0 Å². The highest BCUT2D eigenvalue weighted by Gasteiger charge is 2.14. The number of benzene rings is 2. The van der Waals surface area contributed by atoms with Crippen LogP contribution < -0.4 is 16.2 Å². The Morgan fingerprint density at radius 3 is 2.63 bits per heavy atom. The molecular weight excluding hydrogens is 407 g/mol. The second-order valence-corrected chi connectivity index (χ2v) is 7.77. The van der Waals surface area contributed by atoms with Crippen LogP contribution in [0.2, 0.25) is 0 Å². The molecule has 2 N–H and O–H groups in total. The predicted molar refractivity (Wildman–Crippen MR) is 112 cm³/mol. The van der Waals surface area contributed by atoms with Gasteiger partial charge in [-0.25, -0.2) is 13.9 Å². The Bertz CT molecular complexity index is 1270. The van der Waals surface area contributed by atoms with Crippen LogP contribution in [0.5, 0.6) is 5.75 Å². The number of hydrogen-bond donors (Lipinski definition) is 1. The van der Waals surface area contributed by atoms with Crippen LogP contribution in [-0.2, 0) is 12.4 Å². The zero-order valence-electron chi connectivity index (χ0n) is 16.4. The van der Waals surface area contributed by atoms with Crippen LogP contribution in [0.15, 0.2) is 56.8 Å². The number of nitrogens with zero attached hydrogens (tertiary/aromatic N) is 3. The summed E-state index contributed by atoms with van der Waals surface area (Å²) in [5.41, 5.74) is 3.17. The Balaban J connectivity index is 1.50. The van der Waals surface area contributed by atoms with Gasteiger partial charge in [0.25, 0.3) is 0 Å². The van der Waals surface area contributed by atoms with Crippen molar-refractivity contribution in [2.24, 2.45) is 0 Å². The normalized spacial score (nSPS) is 11.2. The molecule has 0 aliphatic heterocycles. The van der Waals surface area contributed by atoms with E-state index in [1.165, 1.54) is 46.8 Å². The third kappa shape index (κ3) is 4.16. The highest BCUT2D eigenvalue weighted by Crippen LogP contribution is 2.27. The van der Waals surface area contributed by atoms with Gasteiger partial charge in [0.2, 0.25) is 5.16 Å². The van der Waals surface area contributed by atoms with E-state index in [0.717, 1.165) is 22.1 Å². The van der Waals surface area contributed by atoms with Gasteiger partial charge >= 0.3 is 5.63 Å². The van der Waals surface area contributed by atoms with Crippen LogP contribution >= 0.6 is 11.8 Å². The summed E-state index contributed by atoms with van der Waals surface area (Å²) in [5, 5.41) is 9.52. The third-order valence-electron chi connectivity index (χ3n) is 4.72. The van der Waals surface area contributed by atoms with Gasteiger partial charge in [-0.3, -0.25) is 0 Å². The number of nitrogens with two attached hydrogens (primary N) is 1. The molecule has 4 aromatic rings. The van der Waals surface area contributed by atoms with Gasteiger partial charge in [-0.05, 0) is 66.9 Å². The van der Waals surface area contributed by atoms with Gasteiger partial charge in [0.1, 0.15) is 23.8 Å². The van der Waals surface area contributed by atoms with Crippen molar-refractivity contribution in [2.45, 2.75) is 31.4 Å². The minimum atomic E-state index is -0.399. The Morgan fingerprint density at radius 2 is 1.87 bits per heavy atom. The number of aryl methyl sites for hydroxylation is 2. The van der Waals surface area contributed by atoms with Crippen LogP contribution in [0.3, 0.4) is 0 Å². The summed E-state index contributed by atoms with van der Waals surface area (Å²) in [7, 11) is 0. The van der Waals surface area contributed by atoms with Crippen LogP contribution in [0, 0.1) is 19.7 Å². The van der Waals surface area contributed by atoms with Crippen molar-refractivity contribution >= 4 is 22.7 Å². The molecule has 7 nitrogen and oxygen atoms in total. The van der Waals surface area contributed by atoms with Crippen LogP contribution in [0.1, 0.15) is 22.5 Å². The molecule has 0 atom stereocenters. The van der Waals surface area contributed by atoms with Crippen molar-refractivity contribution in [2.75, 3.05) is 5.84 Å². The second kappa shape index (κ2) is 8.19. The summed E-state index contributed by atoms with van der Waals surface area (Å²) < 4.78 is 25.2. The van der Waals surface area contributed by atoms with Crippen molar-refractivity contribution in [3.63, 3.8) is 0 Å². The van der Waals surface area contributed by atoms with Crippen molar-refractivity contribution < 1.29 is 13.5 Å². The van der Waals surface area contributed by atoms with Gasteiger partial charge in [-0.15, -0.1) is 10.2 Å². The molecular formula is C21H19FN4O3S. The van der Waals surface area contributed by atoms with E-state index in [-0.39, 0.29) is 12.4 Å². The largest absolute Gasteiger partial charge is 0.486 e. The number of fused-ring (bicyclic) bond motifs is 1. The van der Waals surface area contributed by atoms with E-state index in [9.17, 15) is 9.18 Å². The molecule has 0 radical (unpaired) electrons.